The topological polar surface area (TPSA) is 56.0 Å². The number of anilines is 1. The van der Waals surface area contributed by atoms with Gasteiger partial charge in [-0.1, -0.05) is 5.92 Å². The van der Waals surface area contributed by atoms with Gasteiger partial charge >= 0.3 is 6.18 Å². The highest BCUT2D eigenvalue weighted by atomic mass is 19.4. The fourth-order valence-electron chi connectivity index (χ4n) is 1.55. The maximum absolute atomic E-state index is 12.4. The van der Waals surface area contributed by atoms with Gasteiger partial charge in [-0.15, -0.1) is 0 Å². The summed E-state index contributed by atoms with van der Waals surface area (Å²) in [5.41, 5.74) is 5.23. The van der Waals surface area contributed by atoms with Crippen molar-refractivity contribution in [3.05, 3.63) is 59.3 Å². The molecular weight excluding hydrogens is 281 g/mol. The van der Waals surface area contributed by atoms with E-state index in [-0.39, 0.29) is 11.4 Å². The molecule has 1 aromatic carbocycles. The average molecular weight is 290 g/mol. The Balaban J connectivity index is 2.20. The van der Waals surface area contributed by atoms with Gasteiger partial charge in [0.15, 0.2) is 0 Å². The highest BCUT2D eigenvalue weighted by Crippen LogP contribution is 2.28. The summed E-state index contributed by atoms with van der Waals surface area (Å²) in [6.45, 7) is 0. The largest absolute Gasteiger partial charge is 0.416 e. The number of nitrogens with zero attached hydrogens (tertiary/aromatic N) is 1. The van der Waals surface area contributed by atoms with Gasteiger partial charge in [-0.05, 0) is 42.3 Å². The molecule has 0 fully saturated rings. The number of alkyl halides is 3. The normalized spacial score (nSPS) is 10.6. The summed E-state index contributed by atoms with van der Waals surface area (Å²) in [6.07, 6.45) is -2.96. The number of Topliss-reactive ketones (excluding diaryl/α,β-unsaturated/α-hetero) is 1. The summed E-state index contributed by atoms with van der Waals surface area (Å²) in [5.74, 6) is 4.34. The second-order valence-electron chi connectivity index (χ2n) is 4.09. The average Bonchev–Trinajstić information content (AvgIpc) is 2.45. The predicted molar refractivity (Wildman–Crippen MR) is 71.3 cm³/mol. The van der Waals surface area contributed by atoms with Crippen LogP contribution in [0.4, 0.5) is 19.0 Å². The summed E-state index contributed by atoms with van der Waals surface area (Å²) >= 11 is 0. The number of pyridine rings is 1. The van der Waals surface area contributed by atoms with Crippen LogP contribution in [-0.4, -0.2) is 10.8 Å². The summed E-state index contributed by atoms with van der Waals surface area (Å²) in [5, 5.41) is 0. The van der Waals surface area contributed by atoms with E-state index in [0.29, 0.717) is 5.56 Å². The standard InChI is InChI=1S/C15H9F3N2O/c16-15(17,18)11-6-3-10(4-7-11)5-8-13(21)12-2-1-9-20-14(12)19/h1-4,6-7,9H,(H2,19,20). The zero-order chi connectivity index (χ0) is 15.5. The van der Waals surface area contributed by atoms with Crippen LogP contribution in [0, 0.1) is 11.8 Å². The molecule has 0 aliphatic carbocycles. The van der Waals surface area contributed by atoms with E-state index in [1.165, 1.54) is 24.4 Å². The molecule has 0 saturated heterocycles. The first kappa shape index (κ1) is 14.6. The van der Waals surface area contributed by atoms with Crippen LogP contribution in [0.5, 0.6) is 0 Å². The van der Waals surface area contributed by atoms with Crippen molar-refractivity contribution in [2.45, 2.75) is 6.18 Å². The molecule has 0 aliphatic heterocycles. The summed E-state index contributed by atoms with van der Waals surface area (Å²) in [7, 11) is 0. The van der Waals surface area contributed by atoms with Crippen molar-refractivity contribution in [1.82, 2.24) is 4.98 Å². The van der Waals surface area contributed by atoms with E-state index in [2.05, 4.69) is 16.8 Å². The van der Waals surface area contributed by atoms with Gasteiger partial charge in [-0.25, -0.2) is 4.98 Å². The van der Waals surface area contributed by atoms with Crippen LogP contribution in [0.2, 0.25) is 0 Å². The molecule has 1 heterocycles. The molecule has 0 atom stereocenters. The zero-order valence-electron chi connectivity index (χ0n) is 10.6. The van der Waals surface area contributed by atoms with Crippen LogP contribution in [-0.2, 0) is 6.18 Å². The van der Waals surface area contributed by atoms with Gasteiger partial charge in [0.05, 0.1) is 11.1 Å². The fourth-order valence-corrected chi connectivity index (χ4v) is 1.55. The number of rotatable bonds is 1. The van der Waals surface area contributed by atoms with Gasteiger partial charge in [0.2, 0.25) is 5.78 Å². The number of benzene rings is 1. The highest BCUT2D eigenvalue weighted by Gasteiger charge is 2.29. The molecule has 0 spiro atoms. The number of hydrogen-bond donors (Lipinski definition) is 1. The molecule has 0 saturated carbocycles. The Morgan fingerprint density at radius 3 is 2.38 bits per heavy atom. The number of carbonyl (C=O) groups excluding carboxylic acids is 1. The lowest BCUT2D eigenvalue weighted by atomic mass is 10.1. The van der Waals surface area contributed by atoms with Gasteiger partial charge in [-0.2, -0.15) is 13.2 Å². The first-order chi connectivity index (χ1) is 9.88. The van der Waals surface area contributed by atoms with Crippen molar-refractivity contribution in [1.29, 1.82) is 0 Å². The number of ketones is 1. The molecule has 0 amide bonds. The number of carbonyl (C=O) groups is 1. The molecule has 0 unspecified atom stereocenters. The van der Waals surface area contributed by atoms with Crippen LogP contribution < -0.4 is 5.73 Å². The molecule has 106 valence electrons. The van der Waals surface area contributed by atoms with E-state index in [4.69, 9.17) is 5.73 Å². The van der Waals surface area contributed by atoms with Gasteiger partial charge in [0.1, 0.15) is 5.82 Å². The molecule has 3 nitrogen and oxygen atoms in total. The van der Waals surface area contributed by atoms with Crippen LogP contribution in [0.3, 0.4) is 0 Å². The van der Waals surface area contributed by atoms with Crippen LogP contribution in [0.25, 0.3) is 0 Å². The molecule has 1 aromatic heterocycles. The summed E-state index contributed by atoms with van der Waals surface area (Å²) in [4.78, 5) is 15.5. The summed E-state index contributed by atoms with van der Waals surface area (Å²) in [6, 6.07) is 7.25. The molecule has 21 heavy (non-hydrogen) atoms. The lowest BCUT2D eigenvalue weighted by molar-refractivity contribution is -0.137. The Kier molecular flexibility index (Phi) is 3.94. The van der Waals surface area contributed by atoms with Crippen molar-refractivity contribution in [2.24, 2.45) is 0 Å². The number of aromatic nitrogens is 1. The first-order valence-electron chi connectivity index (χ1n) is 5.82. The Morgan fingerprint density at radius 2 is 1.81 bits per heavy atom. The van der Waals surface area contributed by atoms with Crippen molar-refractivity contribution >= 4 is 11.6 Å². The minimum Gasteiger partial charge on any atom is -0.383 e. The predicted octanol–water partition coefficient (Wildman–Crippen LogP) is 2.92. The van der Waals surface area contributed by atoms with Gasteiger partial charge in [0, 0.05) is 11.8 Å². The zero-order valence-corrected chi connectivity index (χ0v) is 10.6. The lowest BCUT2D eigenvalue weighted by Gasteiger charge is -2.05. The molecular formula is C15H9F3N2O. The molecule has 0 radical (unpaired) electrons. The second-order valence-corrected chi connectivity index (χ2v) is 4.09. The van der Waals surface area contributed by atoms with Crippen LogP contribution in [0.15, 0.2) is 42.6 Å². The third-order valence-electron chi connectivity index (χ3n) is 2.62. The van der Waals surface area contributed by atoms with E-state index < -0.39 is 17.5 Å². The van der Waals surface area contributed by atoms with E-state index in [1.807, 2.05) is 0 Å². The second kappa shape index (κ2) is 5.67. The van der Waals surface area contributed by atoms with Crippen LogP contribution >= 0.6 is 0 Å². The number of nitrogens with two attached hydrogens (primary N) is 1. The third kappa shape index (κ3) is 3.60. The maximum Gasteiger partial charge on any atom is 0.416 e. The third-order valence-corrected chi connectivity index (χ3v) is 2.62. The number of hydrogen-bond acceptors (Lipinski definition) is 3. The highest BCUT2D eigenvalue weighted by molar-refractivity contribution is 6.11. The number of halogens is 3. The summed E-state index contributed by atoms with van der Waals surface area (Å²) < 4.78 is 37.2. The van der Waals surface area contributed by atoms with Crippen molar-refractivity contribution < 1.29 is 18.0 Å². The molecule has 0 aliphatic rings. The Bertz CT molecular complexity index is 725. The van der Waals surface area contributed by atoms with Crippen molar-refractivity contribution in [3.8, 4) is 11.8 Å². The number of nitrogen functional groups attached to an aromatic ring is 1. The van der Waals surface area contributed by atoms with E-state index in [1.54, 1.807) is 6.07 Å². The SMILES string of the molecule is Nc1ncccc1C(=O)C#Cc1ccc(C(F)(F)F)cc1. The van der Waals surface area contributed by atoms with Crippen molar-refractivity contribution in [2.75, 3.05) is 5.73 Å². The smallest absolute Gasteiger partial charge is 0.383 e. The lowest BCUT2D eigenvalue weighted by Crippen LogP contribution is -2.04. The first-order valence-corrected chi connectivity index (χ1v) is 5.82. The molecule has 0 bridgehead atoms. The quantitative estimate of drug-likeness (QED) is 0.649. The Hall–Kier alpha value is -2.81. The van der Waals surface area contributed by atoms with E-state index in [9.17, 15) is 18.0 Å². The Morgan fingerprint density at radius 1 is 1.14 bits per heavy atom. The van der Waals surface area contributed by atoms with Gasteiger partial charge in [0.25, 0.3) is 0 Å². The molecule has 2 N–H and O–H groups in total. The van der Waals surface area contributed by atoms with Gasteiger partial charge in [-0.3, -0.25) is 4.79 Å². The van der Waals surface area contributed by atoms with Crippen molar-refractivity contribution in [3.63, 3.8) is 0 Å². The van der Waals surface area contributed by atoms with E-state index in [0.717, 1.165) is 12.1 Å². The van der Waals surface area contributed by atoms with Crippen LogP contribution in [0.1, 0.15) is 21.5 Å². The maximum atomic E-state index is 12.4. The monoisotopic (exact) mass is 290 g/mol. The van der Waals surface area contributed by atoms with E-state index >= 15 is 0 Å². The molecule has 2 rings (SSSR count). The molecule has 6 heteroatoms. The minimum absolute atomic E-state index is 0.0595. The van der Waals surface area contributed by atoms with Gasteiger partial charge < -0.3 is 5.73 Å². The Labute approximate surface area is 118 Å². The molecule has 2 aromatic rings. The minimum atomic E-state index is -4.40. The fraction of sp³-hybridized carbons (Fsp3) is 0.0667.